The smallest absolute Gasteiger partial charge is 0.178 e. The molecular weight excluding hydrogens is 480 g/mol. The molecule has 192 valence electrons. The number of benzene rings is 5. The van der Waals surface area contributed by atoms with Crippen LogP contribution in [0.1, 0.15) is 41.7 Å². The molecule has 0 aromatic heterocycles. The van der Waals surface area contributed by atoms with Gasteiger partial charge in [0.1, 0.15) is 17.2 Å². The lowest BCUT2D eigenvalue weighted by molar-refractivity contribution is 0.163. The zero-order chi connectivity index (χ0) is 26.8. The van der Waals surface area contributed by atoms with Crippen molar-refractivity contribution in [2.45, 2.75) is 24.9 Å². The second kappa shape index (κ2) is 8.51. The van der Waals surface area contributed by atoms with Gasteiger partial charge in [-0.05, 0) is 64.1 Å². The third-order valence-electron chi connectivity index (χ3n) is 8.47. The summed E-state index contributed by atoms with van der Waals surface area (Å²) in [5.74, 6) is 2.60. The second-order valence-electron chi connectivity index (χ2n) is 10.8. The van der Waals surface area contributed by atoms with E-state index in [-0.39, 0.29) is 5.41 Å². The highest BCUT2D eigenvalue weighted by Gasteiger charge is 2.43. The molecule has 1 aliphatic carbocycles. The summed E-state index contributed by atoms with van der Waals surface area (Å²) in [6, 6.07) is 33.8. The first-order valence-electron chi connectivity index (χ1n) is 13.3. The molecule has 1 aliphatic heterocycles. The third kappa shape index (κ3) is 3.29. The van der Waals surface area contributed by atoms with E-state index in [0.29, 0.717) is 0 Å². The molecule has 0 N–H and O–H groups in total. The van der Waals surface area contributed by atoms with Gasteiger partial charge in [-0.2, -0.15) is 0 Å². The minimum atomic E-state index is -0.783. The molecule has 5 aromatic rings. The molecule has 0 spiro atoms. The van der Waals surface area contributed by atoms with E-state index in [1.807, 2.05) is 18.2 Å². The second-order valence-corrected chi connectivity index (χ2v) is 10.8. The standard InChI is InChI=1S/C36H30O3/c1-35(2)31-22-26(38-4)18-19-29(31)32-30-20-21-36(23-10-6-5-7-11-23,24-14-16-25(37-3)17-15-24)39-34(30)28-13-9-8-12-27(28)33(32)35/h5-22H,1-4H3. The zero-order valence-electron chi connectivity index (χ0n) is 22.6. The van der Waals surface area contributed by atoms with Crippen LogP contribution in [0.2, 0.25) is 0 Å². The van der Waals surface area contributed by atoms with Crippen LogP contribution in [0.3, 0.4) is 0 Å². The number of ether oxygens (including phenoxy) is 3. The van der Waals surface area contributed by atoms with Gasteiger partial charge in [-0.15, -0.1) is 0 Å². The van der Waals surface area contributed by atoms with Gasteiger partial charge >= 0.3 is 0 Å². The maximum Gasteiger partial charge on any atom is 0.178 e. The van der Waals surface area contributed by atoms with Gasteiger partial charge in [-0.1, -0.05) is 86.6 Å². The monoisotopic (exact) mass is 510 g/mol. The van der Waals surface area contributed by atoms with Gasteiger partial charge < -0.3 is 14.2 Å². The summed E-state index contributed by atoms with van der Waals surface area (Å²) in [5.41, 5.74) is 7.38. The maximum atomic E-state index is 7.28. The number of fused-ring (bicyclic) bond motifs is 8. The van der Waals surface area contributed by atoms with E-state index in [4.69, 9.17) is 14.2 Å². The van der Waals surface area contributed by atoms with Gasteiger partial charge in [-0.3, -0.25) is 0 Å². The molecule has 1 heterocycles. The van der Waals surface area contributed by atoms with Crippen LogP contribution < -0.4 is 14.2 Å². The van der Waals surface area contributed by atoms with Gasteiger partial charge in [-0.25, -0.2) is 0 Å². The largest absolute Gasteiger partial charge is 0.497 e. The van der Waals surface area contributed by atoms with Crippen molar-refractivity contribution in [3.63, 3.8) is 0 Å². The number of hydrogen-bond acceptors (Lipinski definition) is 3. The maximum absolute atomic E-state index is 7.28. The molecule has 0 saturated carbocycles. The number of methoxy groups -OCH3 is 2. The fourth-order valence-electron chi connectivity index (χ4n) is 6.54. The van der Waals surface area contributed by atoms with E-state index in [1.54, 1.807) is 14.2 Å². The van der Waals surface area contributed by atoms with Gasteiger partial charge in [0.2, 0.25) is 0 Å². The van der Waals surface area contributed by atoms with E-state index >= 15 is 0 Å². The van der Waals surface area contributed by atoms with E-state index in [2.05, 4.69) is 105 Å². The van der Waals surface area contributed by atoms with Crippen LogP contribution in [0, 0.1) is 0 Å². The van der Waals surface area contributed by atoms with E-state index < -0.39 is 5.60 Å². The molecule has 39 heavy (non-hydrogen) atoms. The van der Waals surface area contributed by atoms with Crippen molar-refractivity contribution in [2.24, 2.45) is 0 Å². The zero-order valence-corrected chi connectivity index (χ0v) is 22.6. The molecule has 0 amide bonds. The Bertz CT molecular complexity index is 1760. The minimum absolute atomic E-state index is 0.189. The highest BCUT2D eigenvalue weighted by molar-refractivity contribution is 6.06. The molecule has 0 radical (unpaired) electrons. The summed E-state index contributed by atoms with van der Waals surface area (Å²) in [4.78, 5) is 0. The predicted octanol–water partition coefficient (Wildman–Crippen LogP) is 8.51. The highest BCUT2D eigenvalue weighted by atomic mass is 16.5. The first-order chi connectivity index (χ1) is 19.0. The van der Waals surface area contributed by atoms with Crippen LogP contribution in [0.15, 0.2) is 103 Å². The molecule has 7 rings (SSSR count). The molecule has 3 nitrogen and oxygen atoms in total. The summed E-state index contributed by atoms with van der Waals surface area (Å²) in [7, 11) is 3.42. The van der Waals surface area contributed by atoms with Crippen molar-refractivity contribution in [1.82, 2.24) is 0 Å². The van der Waals surface area contributed by atoms with Crippen molar-refractivity contribution >= 4 is 16.8 Å². The predicted molar refractivity (Wildman–Crippen MR) is 158 cm³/mol. The summed E-state index contributed by atoms with van der Waals surface area (Å²) in [6.45, 7) is 4.63. The first kappa shape index (κ1) is 23.6. The molecule has 2 aliphatic rings. The lowest BCUT2D eigenvalue weighted by Gasteiger charge is -2.38. The van der Waals surface area contributed by atoms with Crippen molar-refractivity contribution in [1.29, 1.82) is 0 Å². The fraction of sp³-hybridized carbons (Fsp3) is 0.167. The van der Waals surface area contributed by atoms with Gasteiger partial charge in [0, 0.05) is 27.5 Å². The van der Waals surface area contributed by atoms with Crippen molar-refractivity contribution < 1.29 is 14.2 Å². The lowest BCUT2D eigenvalue weighted by atomic mass is 9.78. The highest BCUT2D eigenvalue weighted by Crippen LogP contribution is 2.58. The SMILES string of the molecule is COc1ccc(C2(c3ccccc3)C=Cc3c4c(c5ccccc5c3O2)C(C)(C)c2cc(OC)ccc2-4)cc1. The molecule has 0 saturated heterocycles. The van der Waals surface area contributed by atoms with Gasteiger partial charge in [0.05, 0.1) is 14.2 Å². The Balaban J connectivity index is 1.54. The van der Waals surface area contributed by atoms with E-state index in [9.17, 15) is 0 Å². The summed E-state index contributed by atoms with van der Waals surface area (Å²) < 4.78 is 18.4. The topological polar surface area (TPSA) is 27.7 Å². The Hall–Kier alpha value is -4.50. The van der Waals surface area contributed by atoms with Gasteiger partial charge in [0.15, 0.2) is 5.60 Å². The summed E-state index contributed by atoms with van der Waals surface area (Å²) in [5, 5.41) is 2.34. The lowest BCUT2D eigenvalue weighted by Crippen LogP contribution is -2.34. The number of rotatable bonds is 4. The Morgan fingerprint density at radius 2 is 1.31 bits per heavy atom. The Kier molecular flexibility index (Phi) is 5.15. The first-order valence-corrected chi connectivity index (χ1v) is 13.3. The van der Waals surface area contributed by atoms with Crippen molar-refractivity contribution in [3.05, 3.63) is 131 Å². The quantitative estimate of drug-likeness (QED) is 0.243. The Labute approximate surface area is 229 Å². The fourth-order valence-corrected chi connectivity index (χ4v) is 6.54. The Morgan fingerprint density at radius 3 is 2.03 bits per heavy atom. The number of hydrogen-bond donors (Lipinski definition) is 0. The van der Waals surface area contributed by atoms with Crippen molar-refractivity contribution in [2.75, 3.05) is 14.2 Å². The molecule has 3 heteroatoms. The van der Waals surface area contributed by atoms with Crippen LogP contribution in [0.5, 0.6) is 17.2 Å². The van der Waals surface area contributed by atoms with E-state index in [1.165, 1.54) is 27.6 Å². The molecule has 0 fully saturated rings. The molecule has 0 bridgehead atoms. The summed E-state index contributed by atoms with van der Waals surface area (Å²) >= 11 is 0. The van der Waals surface area contributed by atoms with Crippen LogP contribution in [-0.4, -0.2) is 14.2 Å². The van der Waals surface area contributed by atoms with Crippen molar-refractivity contribution in [3.8, 4) is 28.4 Å². The molecule has 5 aromatic carbocycles. The Morgan fingerprint density at radius 1 is 0.667 bits per heavy atom. The average molecular weight is 511 g/mol. The van der Waals surface area contributed by atoms with E-state index in [0.717, 1.165) is 39.3 Å². The van der Waals surface area contributed by atoms with Crippen LogP contribution >= 0.6 is 0 Å². The summed E-state index contributed by atoms with van der Waals surface area (Å²) in [6.07, 6.45) is 4.49. The van der Waals surface area contributed by atoms with Crippen LogP contribution in [-0.2, 0) is 11.0 Å². The minimum Gasteiger partial charge on any atom is -0.497 e. The normalized spacial score (nSPS) is 18.2. The molecule has 1 atom stereocenters. The van der Waals surface area contributed by atoms with Gasteiger partial charge in [0.25, 0.3) is 0 Å². The average Bonchev–Trinajstić information content (AvgIpc) is 3.23. The molecular formula is C36H30O3. The van der Waals surface area contributed by atoms with Crippen LogP contribution in [0.4, 0.5) is 0 Å². The molecule has 1 unspecified atom stereocenters. The third-order valence-corrected chi connectivity index (χ3v) is 8.47. The van der Waals surface area contributed by atoms with Crippen LogP contribution in [0.25, 0.3) is 28.0 Å².